The summed E-state index contributed by atoms with van der Waals surface area (Å²) in [5, 5.41) is 10.3. The van der Waals surface area contributed by atoms with Gasteiger partial charge in [0.15, 0.2) is 0 Å². The number of benzene rings is 8. The van der Waals surface area contributed by atoms with E-state index in [0.29, 0.717) is 0 Å². The van der Waals surface area contributed by atoms with E-state index < -0.39 is 5.66 Å². The monoisotopic (exact) mass is 874 g/mol. The Morgan fingerprint density at radius 3 is 1.68 bits per heavy atom. The molecule has 8 aromatic carbocycles. The maximum Gasteiger partial charge on any atom is 0.132 e. The first kappa shape index (κ1) is 40.8. The summed E-state index contributed by atoms with van der Waals surface area (Å²) >= 11 is 0. The second-order valence-electron chi connectivity index (χ2n) is 17.6. The lowest BCUT2D eigenvalue weighted by Crippen LogP contribution is -2.58. The van der Waals surface area contributed by atoms with Gasteiger partial charge >= 0.3 is 0 Å². The summed E-state index contributed by atoms with van der Waals surface area (Å²) in [5.74, 6) is 0.817. The van der Waals surface area contributed by atoms with E-state index in [0.717, 1.165) is 72.7 Å². The lowest BCUT2D eigenvalue weighted by molar-refractivity contribution is 0.277. The summed E-state index contributed by atoms with van der Waals surface area (Å²) in [6.07, 6.45) is 7.07. The van der Waals surface area contributed by atoms with Crippen molar-refractivity contribution >= 4 is 27.6 Å². The minimum Gasteiger partial charge on any atom is -0.348 e. The Balaban J connectivity index is 0.970. The summed E-state index contributed by atoms with van der Waals surface area (Å²) in [6, 6.07) is 78.2. The molecule has 6 nitrogen and oxygen atoms in total. The highest BCUT2D eigenvalue weighted by molar-refractivity contribution is 6.17. The smallest absolute Gasteiger partial charge is 0.132 e. The van der Waals surface area contributed by atoms with E-state index in [-0.39, 0.29) is 6.17 Å². The molecule has 0 bridgehead atoms. The summed E-state index contributed by atoms with van der Waals surface area (Å²) in [6.45, 7) is 2.22. The molecule has 0 aliphatic carbocycles. The Morgan fingerprint density at radius 2 is 0.971 bits per heavy atom. The largest absolute Gasteiger partial charge is 0.348 e. The Bertz CT molecular complexity index is 3570. The fraction of sp³-hybridized carbons (Fsp3) is 0.0484. The zero-order valence-electron chi connectivity index (χ0n) is 37.5. The van der Waals surface area contributed by atoms with Crippen molar-refractivity contribution in [3.05, 3.63) is 260 Å². The van der Waals surface area contributed by atoms with Gasteiger partial charge in [0.2, 0.25) is 0 Å². The molecule has 68 heavy (non-hydrogen) atoms. The maximum absolute atomic E-state index is 5.43. The van der Waals surface area contributed by atoms with Gasteiger partial charge in [-0.3, -0.25) is 15.3 Å². The molecule has 0 radical (unpaired) electrons. The molecule has 3 aromatic heterocycles. The van der Waals surface area contributed by atoms with Crippen molar-refractivity contribution in [1.29, 1.82) is 0 Å². The lowest BCUT2D eigenvalue weighted by atomic mass is 9.91. The normalized spacial score (nSPS) is 15.8. The molecule has 0 saturated carbocycles. The van der Waals surface area contributed by atoms with Gasteiger partial charge in [-0.15, -0.1) is 0 Å². The van der Waals surface area contributed by atoms with Crippen molar-refractivity contribution in [2.45, 2.75) is 18.8 Å². The van der Waals surface area contributed by atoms with Crippen LogP contribution in [0.5, 0.6) is 0 Å². The Kier molecular flexibility index (Phi) is 10.3. The third-order valence-corrected chi connectivity index (χ3v) is 13.3. The second kappa shape index (κ2) is 17.3. The number of hydrogen-bond acceptors (Lipinski definition) is 5. The molecule has 2 atom stereocenters. The van der Waals surface area contributed by atoms with Crippen LogP contribution in [0.4, 0.5) is 0 Å². The third kappa shape index (κ3) is 7.63. The van der Waals surface area contributed by atoms with Crippen molar-refractivity contribution in [3.63, 3.8) is 0 Å². The predicted molar refractivity (Wildman–Crippen MR) is 279 cm³/mol. The molecule has 0 saturated heterocycles. The lowest BCUT2D eigenvalue weighted by Gasteiger charge is -2.41. The fourth-order valence-electron chi connectivity index (χ4n) is 9.87. The molecule has 0 fully saturated rings. The zero-order valence-corrected chi connectivity index (χ0v) is 37.5. The van der Waals surface area contributed by atoms with E-state index in [1.165, 1.54) is 33.0 Å². The molecule has 12 rings (SSSR count). The molecule has 324 valence electrons. The summed E-state index contributed by atoms with van der Waals surface area (Å²) in [4.78, 5) is 14.0. The summed E-state index contributed by atoms with van der Waals surface area (Å²) in [5.41, 5.74) is 17.3. The molecule has 6 heteroatoms. The number of para-hydroxylation sites is 1. The highest BCUT2D eigenvalue weighted by atomic mass is 15.3. The number of hydrogen-bond donors (Lipinski definition) is 2. The second-order valence-corrected chi connectivity index (χ2v) is 17.6. The quantitative estimate of drug-likeness (QED) is 0.152. The molecule has 11 aromatic rings. The molecule has 4 heterocycles. The van der Waals surface area contributed by atoms with Crippen LogP contribution in [0.25, 0.3) is 83.1 Å². The van der Waals surface area contributed by atoms with Crippen LogP contribution in [0, 0.1) is 0 Å². The van der Waals surface area contributed by atoms with E-state index in [1.807, 2.05) is 24.8 Å². The standard InChI is InChI=1S/C62H46N6/c1-62(53-21-12-18-46(40-53)52-38-50(43-28-32-63-33-29-43)37-51(39-52)44-30-34-64-35-31-44)66-60(45-16-7-3-8-17-45)65-61(67-62)49-20-11-19-48(36-49)55-24-13-25-58-59(55)56-41-47(42-14-5-2-6-15-42)26-27-57(56)68(58)54-22-9-4-10-23-54/h2-41,60,66H,1H3,(H,65,67). The van der Waals surface area contributed by atoms with Gasteiger partial charge < -0.3 is 9.88 Å². The molecule has 0 amide bonds. The van der Waals surface area contributed by atoms with Gasteiger partial charge in [-0.2, -0.15) is 0 Å². The van der Waals surface area contributed by atoms with Crippen molar-refractivity contribution in [2.24, 2.45) is 4.99 Å². The number of nitrogens with zero attached hydrogens (tertiary/aromatic N) is 4. The van der Waals surface area contributed by atoms with Crippen LogP contribution in [0.15, 0.2) is 248 Å². The van der Waals surface area contributed by atoms with Crippen LogP contribution < -0.4 is 10.6 Å². The highest BCUT2D eigenvalue weighted by Crippen LogP contribution is 2.41. The first-order valence-corrected chi connectivity index (χ1v) is 23.1. The van der Waals surface area contributed by atoms with Crippen LogP contribution in [-0.4, -0.2) is 20.4 Å². The van der Waals surface area contributed by atoms with Crippen LogP contribution >= 0.6 is 0 Å². The minimum absolute atomic E-state index is 0.318. The number of aliphatic imine (C=N–C) groups is 1. The van der Waals surface area contributed by atoms with Crippen LogP contribution in [-0.2, 0) is 5.66 Å². The average Bonchev–Trinajstić information content (AvgIpc) is 3.76. The zero-order chi connectivity index (χ0) is 45.4. The number of amidine groups is 1. The molecule has 2 unspecified atom stereocenters. The van der Waals surface area contributed by atoms with Crippen LogP contribution in [0.2, 0.25) is 0 Å². The number of fused-ring (bicyclic) bond motifs is 3. The van der Waals surface area contributed by atoms with E-state index in [4.69, 9.17) is 4.99 Å². The molecule has 1 aliphatic heterocycles. The maximum atomic E-state index is 5.43. The molecule has 1 aliphatic rings. The number of rotatable bonds is 9. The first-order chi connectivity index (χ1) is 33.5. The van der Waals surface area contributed by atoms with Gasteiger partial charge in [0.05, 0.1) is 11.0 Å². The predicted octanol–water partition coefficient (Wildman–Crippen LogP) is 14.4. The van der Waals surface area contributed by atoms with Crippen molar-refractivity contribution < 1.29 is 0 Å². The van der Waals surface area contributed by atoms with Gasteiger partial charge in [0, 0.05) is 46.8 Å². The van der Waals surface area contributed by atoms with Crippen molar-refractivity contribution in [1.82, 2.24) is 25.2 Å². The first-order valence-electron chi connectivity index (χ1n) is 23.1. The topological polar surface area (TPSA) is 67.1 Å². The van der Waals surface area contributed by atoms with E-state index >= 15 is 0 Å². The fourth-order valence-corrected chi connectivity index (χ4v) is 9.87. The average molecular weight is 875 g/mol. The molecule has 0 spiro atoms. The van der Waals surface area contributed by atoms with E-state index in [2.05, 4.69) is 250 Å². The van der Waals surface area contributed by atoms with Crippen molar-refractivity contribution in [2.75, 3.05) is 0 Å². The van der Waals surface area contributed by atoms with E-state index in [1.54, 1.807) is 0 Å². The van der Waals surface area contributed by atoms with Gasteiger partial charge in [-0.1, -0.05) is 133 Å². The minimum atomic E-state index is -0.711. The van der Waals surface area contributed by atoms with Gasteiger partial charge in [0.25, 0.3) is 0 Å². The van der Waals surface area contributed by atoms with E-state index in [9.17, 15) is 0 Å². The van der Waals surface area contributed by atoms with Crippen LogP contribution in [0.3, 0.4) is 0 Å². The van der Waals surface area contributed by atoms with Crippen LogP contribution in [0.1, 0.15) is 29.8 Å². The SMILES string of the molecule is CC1(c2cccc(-c3cc(-c4ccncc4)cc(-c4ccncc4)c3)c2)NC(c2cccc(-c3cccc4c3c3cc(-c5ccccc5)ccc3n4-c3ccccc3)c2)=NC(c2ccccc2)N1. The summed E-state index contributed by atoms with van der Waals surface area (Å²) < 4.78 is 2.39. The molecular weight excluding hydrogens is 829 g/mol. The van der Waals surface area contributed by atoms with Gasteiger partial charge in [-0.05, 0) is 159 Å². The number of nitrogens with one attached hydrogen (secondary N) is 2. The number of pyridine rings is 2. The Labute approximate surface area is 396 Å². The highest BCUT2D eigenvalue weighted by Gasteiger charge is 2.35. The number of aromatic nitrogens is 3. The van der Waals surface area contributed by atoms with Gasteiger partial charge in [0.1, 0.15) is 17.7 Å². The Hall–Kier alpha value is -8.71. The van der Waals surface area contributed by atoms with Crippen molar-refractivity contribution in [3.8, 4) is 61.3 Å². The molecular formula is C62H46N6. The Morgan fingerprint density at radius 1 is 0.426 bits per heavy atom. The summed E-state index contributed by atoms with van der Waals surface area (Å²) in [7, 11) is 0. The van der Waals surface area contributed by atoms with Gasteiger partial charge in [-0.25, -0.2) is 4.99 Å². The third-order valence-electron chi connectivity index (χ3n) is 13.3. The molecule has 2 N–H and O–H groups in total.